The fourth-order valence-electron chi connectivity index (χ4n) is 5.25. The van der Waals surface area contributed by atoms with Crippen LogP contribution in [-0.2, 0) is 25.0 Å². The van der Waals surface area contributed by atoms with Gasteiger partial charge in [-0.15, -0.1) is 5.10 Å². The second-order valence-corrected chi connectivity index (χ2v) is 11.4. The molecule has 236 valence electrons. The molecule has 0 radical (unpaired) electrons. The van der Waals surface area contributed by atoms with Crippen LogP contribution in [-0.4, -0.2) is 35.0 Å². The summed E-state index contributed by atoms with van der Waals surface area (Å²) in [5.74, 6) is -5.31. The maximum atomic E-state index is 14.5. The Hall–Kier alpha value is -5.25. The minimum absolute atomic E-state index is 0.0921. The number of nitrogens with zero attached hydrogens (tertiary/aromatic N) is 3. The molecule has 1 aliphatic heterocycles. The molecule has 2 heterocycles. The largest absolute Gasteiger partial charge is 0.468 e. The van der Waals surface area contributed by atoms with E-state index >= 15 is 0 Å². The van der Waals surface area contributed by atoms with Crippen LogP contribution in [0.1, 0.15) is 77.1 Å². The Balaban J connectivity index is 1.74. The summed E-state index contributed by atoms with van der Waals surface area (Å²) < 4.78 is 39.6. The maximum absolute atomic E-state index is 14.5. The van der Waals surface area contributed by atoms with Crippen molar-refractivity contribution in [3.05, 3.63) is 136 Å². The van der Waals surface area contributed by atoms with E-state index in [4.69, 9.17) is 9.47 Å². The van der Waals surface area contributed by atoms with Gasteiger partial charge in [-0.05, 0) is 36.1 Å². The number of methoxy groups -OCH3 is 1. The number of halogens is 2. The van der Waals surface area contributed by atoms with Crippen LogP contribution in [0.15, 0.2) is 102 Å². The van der Waals surface area contributed by atoms with Crippen LogP contribution in [0.2, 0.25) is 0 Å². The topological polar surface area (TPSA) is 98.7 Å². The molecular formula is C36H33F2N3O5. The lowest BCUT2D eigenvalue weighted by molar-refractivity contribution is -0.152. The van der Waals surface area contributed by atoms with Gasteiger partial charge >= 0.3 is 5.97 Å². The average Bonchev–Trinajstić information content (AvgIpc) is 3.34. The molecule has 1 aliphatic rings. The second-order valence-electron chi connectivity index (χ2n) is 11.4. The van der Waals surface area contributed by atoms with E-state index in [1.54, 1.807) is 61.5 Å². The van der Waals surface area contributed by atoms with Crippen molar-refractivity contribution in [3.8, 4) is 0 Å². The molecule has 0 spiro atoms. The highest BCUT2D eigenvalue weighted by Gasteiger charge is 2.48. The van der Waals surface area contributed by atoms with Gasteiger partial charge in [-0.1, -0.05) is 92.7 Å². The van der Waals surface area contributed by atoms with Gasteiger partial charge in [-0.3, -0.25) is 14.5 Å². The van der Waals surface area contributed by atoms with Gasteiger partial charge in [0.2, 0.25) is 6.10 Å². The zero-order valence-corrected chi connectivity index (χ0v) is 26.0. The van der Waals surface area contributed by atoms with E-state index in [1.807, 2.05) is 26.0 Å². The molecule has 2 atom stereocenters. The molecule has 1 aromatic heterocycles. The summed E-state index contributed by atoms with van der Waals surface area (Å²) in [5, 5.41) is 8.31. The fraction of sp³-hybridized carbons (Fsp3) is 0.250. The summed E-state index contributed by atoms with van der Waals surface area (Å²) in [6.07, 6.45) is -1.40. The Morgan fingerprint density at radius 2 is 1.52 bits per heavy atom. The highest BCUT2D eigenvalue weighted by atomic mass is 19.3. The van der Waals surface area contributed by atoms with Crippen molar-refractivity contribution in [2.24, 2.45) is 0 Å². The fourth-order valence-corrected chi connectivity index (χ4v) is 5.25. The van der Waals surface area contributed by atoms with Gasteiger partial charge in [0.05, 0.1) is 24.4 Å². The van der Waals surface area contributed by atoms with Crippen molar-refractivity contribution < 1.29 is 32.6 Å². The summed E-state index contributed by atoms with van der Waals surface area (Å²) >= 11 is 0. The lowest BCUT2D eigenvalue weighted by Crippen LogP contribution is -2.32. The summed E-state index contributed by atoms with van der Waals surface area (Å²) in [4.78, 5) is 43.2. The molecule has 0 bridgehead atoms. The number of Topliss-reactive ketones (excluding diaryl/α,β-unsaturated/α-hetero) is 1. The molecule has 0 aliphatic carbocycles. The van der Waals surface area contributed by atoms with Crippen molar-refractivity contribution in [1.29, 1.82) is 0 Å². The molecular weight excluding hydrogens is 592 g/mol. The first-order chi connectivity index (χ1) is 21.9. The SMILES string of the molecule is COC(=O)C(OC1=C(C(=O)c2ccc(C(C)C)cc2)[C@@H](c2ccc(C(C)(F)F)cc2)N(c2ccc(C)nn2)C1=O)c1ccccc1. The quantitative estimate of drug-likeness (QED) is 0.136. The summed E-state index contributed by atoms with van der Waals surface area (Å²) in [5.41, 5.74) is 2.26. The number of rotatable bonds is 10. The van der Waals surface area contributed by atoms with E-state index in [2.05, 4.69) is 10.2 Å². The van der Waals surface area contributed by atoms with Crippen molar-refractivity contribution in [2.45, 2.75) is 51.7 Å². The lowest BCUT2D eigenvalue weighted by atomic mass is 9.91. The minimum atomic E-state index is -3.11. The molecule has 3 aromatic carbocycles. The zero-order chi connectivity index (χ0) is 33.2. The van der Waals surface area contributed by atoms with Crippen LogP contribution < -0.4 is 4.90 Å². The number of ketones is 1. The molecule has 4 aromatic rings. The van der Waals surface area contributed by atoms with Crippen LogP contribution in [0.4, 0.5) is 14.6 Å². The number of ether oxygens (including phenoxy) is 2. The van der Waals surface area contributed by atoms with Crippen LogP contribution in [0.25, 0.3) is 0 Å². The zero-order valence-electron chi connectivity index (χ0n) is 26.0. The van der Waals surface area contributed by atoms with Gasteiger partial charge in [0.25, 0.3) is 11.8 Å². The number of anilines is 1. The standard InChI is InChI=1S/C36H33F2N3O5/c1-21(2)23-12-14-25(15-13-23)31(42)29-30(24-16-18-27(19-17-24)36(4,37)38)41(28-20-11-22(3)39-40-28)34(43)33(29)46-32(35(44)45-5)26-9-7-6-8-10-26/h6-21,30,32H,1-5H3/t30-,32?/m1/s1. The third-order valence-corrected chi connectivity index (χ3v) is 7.79. The number of carbonyl (C=O) groups excluding carboxylic acids is 3. The number of carbonyl (C=O) groups is 3. The normalized spacial score (nSPS) is 15.7. The first-order valence-corrected chi connectivity index (χ1v) is 14.7. The third-order valence-electron chi connectivity index (χ3n) is 7.79. The third kappa shape index (κ3) is 6.42. The number of hydrogen-bond acceptors (Lipinski definition) is 7. The summed E-state index contributed by atoms with van der Waals surface area (Å²) in [6, 6.07) is 22.8. The predicted molar refractivity (Wildman–Crippen MR) is 167 cm³/mol. The molecule has 0 saturated carbocycles. The monoisotopic (exact) mass is 625 g/mol. The number of aryl methyl sites for hydroxylation is 1. The van der Waals surface area contributed by atoms with Crippen LogP contribution in [0.3, 0.4) is 0 Å². The molecule has 0 N–H and O–H groups in total. The van der Waals surface area contributed by atoms with E-state index in [1.165, 1.54) is 36.3 Å². The number of benzene rings is 3. The van der Waals surface area contributed by atoms with Crippen LogP contribution >= 0.6 is 0 Å². The summed E-state index contributed by atoms with van der Waals surface area (Å²) in [7, 11) is 1.19. The highest BCUT2D eigenvalue weighted by Crippen LogP contribution is 2.44. The smallest absolute Gasteiger partial charge is 0.351 e. The van der Waals surface area contributed by atoms with Gasteiger partial charge in [0.1, 0.15) is 0 Å². The van der Waals surface area contributed by atoms with Crippen molar-refractivity contribution in [2.75, 3.05) is 12.0 Å². The van der Waals surface area contributed by atoms with E-state index in [0.717, 1.165) is 12.5 Å². The summed E-state index contributed by atoms with van der Waals surface area (Å²) in [6.45, 7) is 6.56. The van der Waals surface area contributed by atoms with Crippen molar-refractivity contribution >= 4 is 23.5 Å². The molecule has 10 heteroatoms. The molecule has 0 fully saturated rings. The van der Waals surface area contributed by atoms with Crippen molar-refractivity contribution in [3.63, 3.8) is 0 Å². The van der Waals surface area contributed by atoms with Gasteiger partial charge in [-0.2, -0.15) is 5.10 Å². The minimum Gasteiger partial charge on any atom is -0.468 e. The lowest BCUT2D eigenvalue weighted by Gasteiger charge is -2.26. The molecule has 1 unspecified atom stereocenters. The number of esters is 1. The molecule has 46 heavy (non-hydrogen) atoms. The Labute approximate surface area is 265 Å². The molecule has 1 amide bonds. The van der Waals surface area contributed by atoms with Gasteiger partial charge in [0.15, 0.2) is 17.4 Å². The number of amides is 1. The Morgan fingerprint density at radius 3 is 2.07 bits per heavy atom. The molecule has 8 nitrogen and oxygen atoms in total. The Morgan fingerprint density at radius 1 is 0.870 bits per heavy atom. The van der Waals surface area contributed by atoms with Crippen molar-refractivity contribution in [1.82, 2.24) is 10.2 Å². The number of aromatic nitrogens is 2. The first kappa shape index (κ1) is 32.2. The Bertz CT molecular complexity index is 1770. The highest BCUT2D eigenvalue weighted by molar-refractivity contribution is 6.21. The Kier molecular flexibility index (Phi) is 9.09. The predicted octanol–water partition coefficient (Wildman–Crippen LogP) is 7.18. The number of hydrogen-bond donors (Lipinski definition) is 0. The second kappa shape index (κ2) is 13.0. The molecule has 5 rings (SSSR count). The van der Waals surface area contributed by atoms with Gasteiger partial charge in [-0.25, -0.2) is 13.6 Å². The van der Waals surface area contributed by atoms with Crippen LogP contribution in [0.5, 0.6) is 0 Å². The first-order valence-electron chi connectivity index (χ1n) is 14.7. The average molecular weight is 626 g/mol. The van der Waals surface area contributed by atoms with E-state index in [0.29, 0.717) is 16.8 Å². The van der Waals surface area contributed by atoms with Gasteiger partial charge in [0, 0.05) is 23.6 Å². The van der Waals surface area contributed by atoms with E-state index < -0.39 is 41.5 Å². The van der Waals surface area contributed by atoms with E-state index in [9.17, 15) is 23.2 Å². The van der Waals surface area contributed by atoms with Crippen LogP contribution in [0, 0.1) is 6.92 Å². The van der Waals surface area contributed by atoms with E-state index in [-0.39, 0.29) is 28.4 Å². The molecule has 0 saturated heterocycles. The maximum Gasteiger partial charge on any atom is 0.351 e. The van der Waals surface area contributed by atoms with Gasteiger partial charge < -0.3 is 9.47 Å². The number of alkyl halides is 2.